The fourth-order valence-electron chi connectivity index (χ4n) is 5.29. The highest BCUT2D eigenvalue weighted by Gasteiger charge is 2.33. The van der Waals surface area contributed by atoms with Crippen LogP contribution in [-0.4, -0.2) is 64.4 Å². The molecular formula is C28H34FN5O2S2. The molecule has 1 aromatic carbocycles. The predicted molar refractivity (Wildman–Crippen MR) is 154 cm³/mol. The monoisotopic (exact) mass is 555 g/mol. The average Bonchev–Trinajstić information content (AvgIpc) is 3.28. The molecule has 1 saturated heterocycles. The fraction of sp³-hybridized carbons (Fsp3) is 0.500. The Hall–Kier alpha value is -2.72. The van der Waals surface area contributed by atoms with E-state index in [4.69, 9.17) is 4.98 Å². The average molecular weight is 556 g/mol. The molecule has 202 valence electrons. The topological polar surface area (TPSA) is 78.4 Å². The van der Waals surface area contributed by atoms with Crippen molar-refractivity contribution in [3.63, 3.8) is 0 Å². The number of hydrogen-bond donors (Lipinski definition) is 1. The zero-order chi connectivity index (χ0) is 26.9. The Kier molecular flexibility index (Phi) is 7.90. The van der Waals surface area contributed by atoms with Gasteiger partial charge in [0.15, 0.2) is 0 Å². The maximum absolute atomic E-state index is 13.0. The second-order valence-corrected chi connectivity index (χ2v) is 13.2. The highest BCUT2D eigenvalue weighted by Crippen LogP contribution is 2.44. The van der Waals surface area contributed by atoms with Gasteiger partial charge in [-0.1, -0.05) is 20.8 Å². The van der Waals surface area contributed by atoms with E-state index in [2.05, 4.69) is 36.0 Å². The van der Waals surface area contributed by atoms with Crippen molar-refractivity contribution in [1.29, 1.82) is 0 Å². The van der Waals surface area contributed by atoms with E-state index < -0.39 is 0 Å². The van der Waals surface area contributed by atoms with Gasteiger partial charge in [0, 0.05) is 36.7 Å². The second kappa shape index (κ2) is 11.2. The summed E-state index contributed by atoms with van der Waals surface area (Å²) >= 11 is 3.11. The van der Waals surface area contributed by atoms with Gasteiger partial charge in [-0.3, -0.25) is 9.59 Å². The minimum atomic E-state index is -0.351. The van der Waals surface area contributed by atoms with Crippen LogP contribution in [0.15, 0.2) is 30.6 Å². The molecule has 1 atom stereocenters. The van der Waals surface area contributed by atoms with E-state index in [0.29, 0.717) is 30.1 Å². The van der Waals surface area contributed by atoms with E-state index in [0.717, 1.165) is 36.6 Å². The minimum Gasteiger partial charge on any atom is -0.352 e. The molecule has 0 radical (unpaired) electrons. The zero-order valence-electron chi connectivity index (χ0n) is 22.1. The summed E-state index contributed by atoms with van der Waals surface area (Å²) in [5.74, 6) is 1.58. The Labute approximate surface area is 231 Å². The number of aromatic nitrogens is 2. The molecule has 1 aliphatic carbocycles. The minimum absolute atomic E-state index is 0.0400. The van der Waals surface area contributed by atoms with Gasteiger partial charge in [0.05, 0.1) is 16.9 Å². The number of halogens is 1. The van der Waals surface area contributed by atoms with Crippen molar-refractivity contribution in [3.8, 4) is 0 Å². The molecule has 3 aromatic rings. The van der Waals surface area contributed by atoms with Gasteiger partial charge in [-0.2, -0.15) is 0 Å². The Morgan fingerprint density at radius 3 is 2.55 bits per heavy atom. The van der Waals surface area contributed by atoms with Crippen molar-refractivity contribution < 1.29 is 14.0 Å². The molecule has 10 heteroatoms. The first-order valence-corrected chi connectivity index (χ1v) is 15.1. The summed E-state index contributed by atoms with van der Waals surface area (Å²) in [5, 5.41) is 3.93. The smallest absolute Gasteiger partial charge is 0.234 e. The quantitative estimate of drug-likeness (QED) is 0.461. The van der Waals surface area contributed by atoms with Crippen LogP contribution in [0.1, 0.15) is 37.6 Å². The van der Waals surface area contributed by atoms with Crippen LogP contribution in [0.4, 0.5) is 15.9 Å². The third kappa shape index (κ3) is 5.96. The number of thioether (sulfide) groups is 1. The van der Waals surface area contributed by atoms with Crippen LogP contribution in [0.3, 0.4) is 0 Å². The van der Waals surface area contributed by atoms with Gasteiger partial charge >= 0.3 is 0 Å². The number of nitrogens with zero attached hydrogens (tertiary/aromatic N) is 4. The number of aryl methyl sites for hydroxylation is 1. The number of thiophene rings is 1. The molecule has 3 heterocycles. The van der Waals surface area contributed by atoms with E-state index in [-0.39, 0.29) is 29.1 Å². The molecule has 0 spiro atoms. The van der Waals surface area contributed by atoms with Gasteiger partial charge in [0.1, 0.15) is 22.8 Å². The number of anilines is 2. The lowest BCUT2D eigenvalue weighted by atomic mass is 9.72. The number of rotatable bonds is 6. The first-order valence-electron chi connectivity index (χ1n) is 13.1. The maximum Gasteiger partial charge on any atom is 0.234 e. The molecule has 2 amide bonds. The summed E-state index contributed by atoms with van der Waals surface area (Å²) in [4.78, 5) is 40.9. The molecule has 0 bridgehead atoms. The van der Waals surface area contributed by atoms with Crippen molar-refractivity contribution in [2.45, 2.75) is 40.0 Å². The van der Waals surface area contributed by atoms with E-state index in [1.807, 2.05) is 16.2 Å². The van der Waals surface area contributed by atoms with Crippen LogP contribution >= 0.6 is 23.1 Å². The number of benzene rings is 1. The lowest BCUT2D eigenvalue weighted by Crippen LogP contribution is -2.49. The van der Waals surface area contributed by atoms with Crippen molar-refractivity contribution in [3.05, 3.63) is 46.9 Å². The van der Waals surface area contributed by atoms with Gasteiger partial charge in [-0.15, -0.1) is 23.1 Å². The molecule has 38 heavy (non-hydrogen) atoms. The number of amides is 2. The Bertz CT molecular complexity index is 1310. The van der Waals surface area contributed by atoms with Crippen LogP contribution in [0.2, 0.25) is 0 Å². The van der Waals surface area contributed by atoms with Crippen molar-refractivity contribution in [2.75, 3.05) is 47.9 Å². The fourth-order valence-corrected chi connectivity index (χ4v) is 7.27. The Balaban J connectivity index is 1.15. The molecule has 1 fully saturated rings. The number of carbonyl (C=O) groups excluding carboxylic acids is 2. The summed E-state index contributed by atoms with van der Waals surface area (Å²) < 4.78 is 13.0. The first kappa shape index (κ1) is 26.9. The van der Waals surface area contributed by atoms with Crippen LogP contribution in [0, 0.1) is 17.2 Å². The first-order chi connectivity index (χ1) is 18.2. The van der Waals surface area contributed by atoms with Gasteiger partial charge < -0.3 is 15.1 Å². The Morgan fingerprint density at radius 1 is 1.11 bits per heavy atom. The summed E-state index contributed by atoms with van der Waals surface area (Å²) in [6.45, 7) is 9.72. The van der Waals surface area contributed by atoms with Crippen molar-refractivity contribution in [1.82, 2.24) is 14.9 Å². The molecule has 0 unspecified atom stereocenters. The molecule has 2 aliphatic rings. The predicted octanol–water partition coefficient (Wildman–Crippen LogP) is 5.00. The van der Waals surface area contributed by atoms with Crippen LogP contribution in [0.5, 0.6) is 0 Å². The van der Waals surface area contributed by atoms with Crippen molar-refractivity contribution in [2.24, 2.45) is 11.3 Å². The number of piperazine rings is 1. The SMILES string of the molecule is CC(C)(C)[C@H]1CCc2c(sc3ncnc(N4CCN(C(=O)CSCC(=O)Nc5ccc(F)cc5)CC4)c23)C1. The molecule has 7 nitrogen and oxygen atoms in total. The molecular weight excluding hydrogens is 521 g/mol. The number of nitrogens with one attached hydrogen (secondary N) is 1. The molecule has 1 aliphatic heterocycles. The summed E-state index contributed by atoms with van der Waals surface area (Å²) in [5.41, 5.74) is 2.27. The van der Waals surface area contributed by atoms with Gasteiger partial charge in [0.2, 0.25) is 11.8 Å². The van der Waals surface area contributed by atoms with E-state index >= 15 is 0 Å². The normalized spacial score (nSPS) is 17.9. The Morgan fingerprint density at radius 2 is 1.84 bits per heavy atom. The molecule has 1 N–H and O–H groups in total. The highest BCUT2D eigenvalue weighted by molar-refractivity contribution is 8.00. The zero-order valence-corrected chi connectivity index (χ0v) is 23.8. The van der Waals surface area contributed by atoms with Crippen molar-refractivity contribution >= 4 is 56.6 Å². The summed E-state index contributed by atoms with van der Waals surface area (Å²) in [6.07, 6.45) is 5.05. The lowest BCUT2D eigenvalue weighted by Gasteiger charge is -2.36. The molecule has 0 saturated carbocycles. The van der Waals surface area contributed by atoms with E-state index in [9.17, 15) is 14.0 Å². The third-order valence-electron chi connectivity index (χ3n) is 7.57. The largest absolute Gasteiger partial charge is 0.352 e. The van der Waals surface area contributed by atoms with Gasteiger partial charge in [-0.05, 0) is 60.4 Å². The standard InChI is InChI=1S/C28H34FN5O2S2/c1-28(2,3)18-4-9-21-22(14-18)38-27-25(21)26(30-17-31-27)34-12-10-33(11-13-34)24(36)16-37-15-23(35)32-20-7-5-19(29)6-8-20/h5-8,17-18H,4,9-16H2,1-3H3,(H,32,35)/t18-/m0/s1. The van der Waals surface area contributed by atoms with Crippen LogP contribution in [0.25, 0.3) is 10.2 Å². The van der Waals surface area contributed by atoms with E-state index in [1.54, 1.807) is 6.33 Å². The highest BCUT2D eigenvalue weighted by atomic mass is 32.2. The summed E-state index contributed by atoms with van der Waals surface area (Å²) in [7, 11) is 0. The van der Waals surface area contributed by atoms with Gasteiger partial charge in [-0.25, -0.2) is 14.4 Å². The van der Waals surface area contributed by atoms with E-state index in [1.165, 1.54) is 58.3 Å². The molecule has 2 aromatic heterocycles. The number of fused-ring (bicyclic) bond motifs is 3. The second-order valence-electron chi connectivity index (χ2n) is 11.1. The molecule has 5 rings (SSSR count). The van der Waals surface area contributed by atoms with Gasteiger partial charge in [0.25, 0.3) is 0 Å². The summed E-state index contributed by atoms with van der Waals surface area (Å²) in [6, 6.07) is 5.63. The third-order valence-corrected chi connectivity index (χ3v) is 9.65. The van der Waals surface area contributed by atoms with Crippen LogP contribution < -0.4 is 10.2 Å². The lowest BCUT2D eigenvalue weighted by molar-refractivity contribution is -0.128. The maximum atomic E-state index is 13.0. The van der Waals surface area contributed by atoms with Crippen LogP contribution in [-0.2, 0) is 22.4 Å². The number of hydrogen-bond acceptors (Lipinski definition) is 7. The number of carbonyl (C=O) groups is 2.